The highest BCUT2D eigenvalue weighted by atomic mass is 19.1. The highest BCUT2D eigenvalue weighted by Gasteiger charge is 2.31. The molecule has 1 fully saturated rings. The number of anilines is 1. The largest absolute Gasteiger partial charge is 0.390 e. The molecule has 3 atom stereocenters. The van der Waals surface area contributed by atoms with Crippen molar-refractivity contribution in [2.75, 3.05) is 5.32 Å². The van der Waals surface area contributed by atoms with E-state index in [1.807, 2.05) is 0 Å². The van der Waals surface area contributed by atoms with E-state index in [1.165, 1.54) is 0 Å². The van der Waals surface area contributed by atoms with Gasteiger partial charge in [0.15, 0.2) is 11.6 Å². The molecule has 1 saturated carbocycles. The number of hydrogen-bond acceptors (Lipinski definition) is 5. The second-order valence-corrected chi connectivity index (χ2v) is 4.35. The van der Waals surface area contributed by atoms with Gasteiger partial charge in [-0.05, 0) is 26.2 Å². The zero-order chi connectivity index (χ0) is 12.4. The SMILES string of the molecule is Cc1ncc(F)c(NC2CCCC(O)C2O)n1. The Kier molecular flexibility index (Phi) is 3.54. The van der Waals surface area contributed by atoms with Gasteiger partial charge in [0, 0.05) is 0 Å². The summed E-state index contributed by atoms with van der Waals surface area (Å²) in [4.78, 5) is 7.66. The summed E-state index contributed by atoms with van der Waals surface area (Å²) in [7, 11) is 0. The number of hydrogen-bond donors (Lipinski definition) is 3. The van der Waals surface area contributed by atoms with Gasteiger partial charge in [-0.2, -0.15) is 0 Å². The zero-order valence-electron chi connectivity index (χ0n) is 9.60. The van der Waals surface area contributed by atoms with E-state index in [0.717, 1.165) is 12.6 Å². The molecule has 0 bridgehead atoms. The minimum Gasteiger partial charge on any atom is -0.390 e. The van der Waals surface area contributed by atoms with Crippen molar-refractivity contribution in [1.29, 1.82) is 0 Å². The number of rotatable bonds is 2. The first-order chi connectivity index (χ1) is 8.08. The van der Waals surface area contributed by atoms with Crippen LogP contribution in [0.2, 0.25) is 0 Å². The molecule has 94 valence electrons. The average Bonchev–Trinajstić information content (AvgIpc) is 2.30. The molecule has 0 radical (unpaired) electrons. The Morgan fingerprint density at radius 2 is 2.18 bits per heavy atom. The lowest BCUT2D eigenvalue weighted by atomic mass is 9.90. The van der Waals surface area contributed by atoms with Gasteiger partial charge in [0.2, 0.25) is 0 Å². The molecule has 1 aliphatic rings. The van der Waals surface area contributed by atoms with Gasteiger partial charge in [-0.15, -0.1) is 0 Å². The van der Waals surface area contributed by atoms with Crippen LogP contribution in [0.1, 0.15) is 25.1 Å². The number of aryl methyl sites for hydroxylation is 1. The molecule has 3 N–H and O–H groups in total. The van der Waals surface area contributed by atoms with Crippen LogP contribution in [0.4, 0.5) is 10.2 Å². The highest BCUT2D eigenvalue weighted by Crippen LogP contribution is 2.23. The lowest BCUT2D eigenvalue weighted by molar-refractivity contribution is -0.0162. The number of halogens is 1. The van der Waals surface area contributed by atoms with Crippen LogP contribution in [0, 0.1) is 12.7 Å². The minimum atomic E-state index is -0.890. The van der Waals surface area contributed by atoms with Crippen LogP contribution in [0.15, 0.2) is 6.20 Å². The van der Waals surface area contributed by atoms with E-state index < -0.39 is 18.0 Å². The first kappa shape index (κ1) is 12.2. The number of nitrogens with zero attached hydrogens (tertiary/aromatic N) is 2. The van der Waals surface area contributed by atoms with Gasteiger partial charge < -0.3 is 15.5 Å². The lowest BCUT2D eigenvalue weighted by Gasteiger charge is -2.32. The summed E-state index contributed by atoms with van der Waals surface area (Å²) in [5.41, 5.74) is 0. The maximum Gasteiger partial charge on any atom is 0.183 e. The maximum absolute atomic E-state index is 13.4. The quantitative estimate of drug-likeness (QED) is 0.707. The Hall–Kier alpha value is -1.27. The Morgan fingerprint density at radius 1 is 1.41 bits per heavy atom. The monoisotopic (exact) mass is 241 g/mol. The molecule has 0 aliphatic heterocycles. The van der Waals surface area contributed by atoms with Crippen LogP contribution in [0.3, 0.4) is 0 Å². The number of aliphatic hydroxyl groups is 2. The number of nitrogens with one attached hydrogen (secondary N) is 1. The van der Waals surface area contributed by atoms with Gasteiger partial charge in [0.1, 0.15) is 5.82 Å². The average molecular weight is 241 g/mol. The second-order valence-electron chi connectivity index (χ2n) is 4.35. The third-order valence-electron chi connectivity index (χ3n) is 3.01. The molecule has 1 heterocycles. The molecule has 3 unspecified atom stereocenters. The van der Waals surface area contributed by atoms with Crippen molar-refractivity contribution in [1.82, 2.24) is 9.97 Å². The molecular weight excluding hydrogens is 225 g/mol. The third kappa shape index (κ3) is 2.70. The smallest absolute Gasteiger partial charge is 0.183 e. The summed E-state index contributed by atoms with van der Waals surface area (Å²) in [6, 6.07) is -0.373. The van der Waals surface area contributed by atoms with Gasteiger partial charge in [0.25, 0.3) is 0 Å². The van der Waals surface area contributed by atoms with Gasteiger partial charge in [-0.1, -0.05) is 0 Å². The second kappa shape index (κ2) is 4.93. The van der Waals surface area contributed by atoms with E-state index >= 15 is 0 Å². The zero-order valence-corrected chi connectivity index (χ0v) is 9.60. The summed E-state index contributed by atoms with van der Waals surface area (Å²) in [6.45, 7) is 1.66. The molecule has 1 aromatic rings. The molecule has 0 saturated heterocycles. The Balaban J connectivity index is 2.11. The summed E-state index contributed by atoms with van der Waals surface area (Å²) in [5, 5.41) is 22.1. The van der Waals surface area contributed by atoms with E-state index in [1.54, 1.807) is 6.92 Å². The summed E-state index contributed by atoms with van der Waals surface area (Å²) < 4.78 is 13.4. The van der Waals surface area contributed by atoms with E-state index in [0.29, 0.717) is 18.7 Å². The van der Waals surface area contributed by atoms with Crippen LogP contribution in [-0.2, 0) is 0 Å². The summed E-state index contributed by atoms with van der Waals surface area (Å²) >= 11 is 0. The lowest BCUT2D eigenvalue weighted by Crippen LogP contribution is -2.45. The van der Waals surface area contributed by atoms with E-state index in [4.69, 9.17) is 0 Å². The molecule has 17 heavy (non-hydrogen) atoms. The molecule has 0 amide bonds. The molecule has 1 aromatic heterocycles. The first-order valence-corrected chi connectivity index (χ1v) is 5.69. The fourth-order valence-corrected chi connectivity index (χ4v) is 2.05. The van der Waals surface area contributed by atoms with Crippen molar-refractivity contribution in [3.05, 3.63) is 17.8 Å². The van der Waals surface area contributed by atoms with Gasteiger partial charge in [-0.25, -0.2) is 14.4 Å². The fourth-order valence-electron chi connectivity index (χ4n) is 2.05. The summed E-state index contributed by atoms with van der Waals surface area (Å²) in [5.74, 6) is -0.0155. The van der Waals surface area contributed by atoms with Crippen molar-refractivity contribution >= 4 is 5.82 Å². The van der Waals surface area contributed by atoms with E-state index in [2.05, 4.69) is 15.3 Å². The number of aliphatic hydroxyl groups excluding tert-OH is 2. The molecule has 1 aliphatic carbocycles. The van der Waals surface area contributed by atoms with Crippen LogP contribution >= 0.6 is 0 Å². The normalized spacial score (nSPS) is 29.1. The standard InChI is InChI=1S/C11H16FN3O2/c1-6-13-5-7(12)11(14-6)15-8-3-2-4-9(16)10(8)17/h5,8-10,16-17H,2-4H2,1H3,(H,13,14,15). The van der Waals surface area contributed by atoms with Gasteiger partial charge >= 0.3 is 0 Å². The van der Waals surface area contributed by atoms with Crippen molar-refractivity contribution in [2.24, 2.45) is 0 Å². The van der Waals surface area contributed by atoms with Gasteiger partial charge in [-0.3, -0.25) is 0 Å². The Bertz CT molecular complexity index is 402. The van der Waals surface area contributed by atoms with Crippen molar-refractivity contribution in [3.63, 3.8) is 0 Å². The predicted octanol–water partition coefficient (Wildman–Crippen LogP) is 0.610. The fraction of sp³-hybridized carbons (Fsp3) is 0.636. The van der Waals surface area contributed by atoms with Crippen molar-refractivity contribution in [3.8, 4) is 0 Å². The maximum atomic E-state index is 13.4. The first-order valence-electron chi connectivity index (χ1n) is 5.69. The van der Waals surface area contributed by atoms with Gasteiger partial charge in [0.05, 0.1) is 24.4 Å². The summed E-state index contributed by atoms with van der Waals surface area (Å²) in [6.07, 6.45) is 1.49. The molecule has 6 heteroatoms. The molecule has 2 rings (SSSR count). The van der Waals surface area contributed by atoms with E-state index in [9.17, 15) is 14.6 Å². The van der Waals surface area contributed by atoms with Crippen LogP contribution in [0.5, 0.6) is 0 Å². The Labute approximate surface area is 98.7 Å². The molecule has 5 nitrogen and oxygen atoms in total. The molecular formula is C11H16FN3O2. The van der Waals surface area contributed by atoms with Crippen molar-refractivity contribution < 1.29 is 14.6 Å². The van der Waals surface area contributed by atoms with Crippen LogP contribution in [0.25, 0.3) is 0 Å². The van der Waals surface area contributed by atoms with Crippen molar-refractivity contribution in [2.45, 2.75) is 44.4 Å². The highest BCUT2D eigenvalue weighted by molar-refractivity contribution is 5.36. The Morgan fingerprint density at radius 3 is 2.94 bits per heavy atom. The topological polar surface area (TPSA) is 78.3 Å². The predicted molar refractivity (Wildman–Crippen MR) is 60.0 cm³/mol. The molecule has 0 aromatic carbocycles. The molecule has 0 spiro atoms. The van der Waals surface area contributed by atoms with Crippen LogP contribution < -0.4 is 5.32 Å². The minimum absolute atomic E-state index is 0.0793. The van der Waals surface area contributed by atoms with E-state index in [-0.39, 0.29) is 11.9 Å². The number of aromatic nitrogens is 2. The van der Waals surface area contributed by atoms with Crippen LogP contribution in [-0.4, -0.2) is 38.4 Å². The third-order valence-corrected chi connectivity index (χ3v) is 3.01.